The number of urea groups is 1. The van der Waals surface area contributed by atoms with E-state index in [4.69, 9.17) is 16.3 Å². The highest BCUT2D eigenvalue weighted by Crippen LogP contribution is 2.25. The number of carbonyl (C=O) groups excluding carboxylic acids is 1. The molecule has 0 heterocycles. The van der Waals surface area contributed by atoms with Crippen molar-refractivity contribution in [2.24, 2.45) is 0 Å². The fourth-order valence-electron chi connectivity index (χ4n) is 2.17. The quantitative estimate of drug-likeness (QED) is 0.725. The van der Waals surface area contributed by atoms with Gasteiger partial charge in [0.15, 0.2) is 0 Å². The Kier molecular flexibility index (Phi) is 6.50. The minimum Gasteiger partial charge on any atom is -0.490 e. The summed E-state index contributed by atoms with van der Waals surface area (Å²) in [5.41, 5.74) is 3.08. The first-order valence-corrected chi connectivity index (χ1v) is 8.37. The minimum absolute atomic E-state index is 0.258. The number of aryl methyl sites for hydroxylation is 1. The molecule has 0 saturated carbocycles. The number of carbonyl (C=O) groups is 1. The molecule has 0 bridgehead atoms. The topological polar surface area (TPSA) is 50.4 Å². The maximum absolute atomic E-state index is 11.9. The van der Waals surface area contributed by atoms with Crippen LogP contribution in [0.4, 0.5) is 10.5 Å². The molecule has 0 atom stereocenters. The number of halogens is 1. The third-order valence-corrected chi connectivity index (χ3v) is 3.88. The van der Waals surface area contributed by atoms with E-state index in [2.05, 4.69) is 24.5 Å². The van der Waals surface area contributed by atoms with Gasteiger partial charge >= 0.3 is 6.03 Å². The van der Waals surface area contributed by atoms with Crippen molar-refractivity contribution in [2.75, 3.05) is 18.5 Å². The van der Waals surface area contributed by atoms with Crippen molar-refractivity contribution in [1.29, 1.82) is 0 Å². The van der Waals surface area contributed by atoms with Gasteiger partial charge in [0.05, 0.1) is 11.6 Å². The van der Waals surface area contributed by atoms with Crippen LogP contribution in [0.15, 0.2) is 42.5 Å². The lowest BCUT2D eigenvalue weighted by Gasteiger charge is -2.11. The standard InChI is InChI=1S/C19H23ClN2O2/c1-13(2)15-5-7-16(8-6-15)22-19(23)21-10-11-24-18-12-14(3)4-9-17(18)20/h4-9,12-13H,10-11H2,1-3H3,(H2,21,22,23). The summed E-state index contributed by atoms with van der Waals surface area (Å²) in [5, 5.41) is 6.12. The van der Waals surface area contributed by atoms with Crippen LogP contribution in [0.2, 0.25) is 5.02 Å². The van der Waals surface area contributed by atoms with Crippen LogP contribution in [0, 0.1) is 6.92 Å². The average Bonchev–Trinajstić information content (AvgIpc) is 2.55. The first-order chi connectivity index (χ1) is 11.5. The largest absolute Gasteiger partial charge is 0.490 e. The smallest absolute Gasteiger partial charge is 0.319 e. The molecule has 0 radical (unpaired) electrons. The molecule has 2 rings (SSSR count). The maximum atomic E-state index is 11.9. The van der Waals surface area contributed by atoms with Gasteiger partial charge in [-0.15, -0.1) is 0 Å². The molecule has 0 aliphatic carbocycles. The Hall–Kier alpha value is -2.20. The number of hydrogen-bond donors (Lipinski definition) is 2. The second-order valence-corrected chi connectivity index (χ2v) is 6.35. The molecule has 2 amide bonds. The van der Waals surface area contributed by atoms with Gasteiger partial charge in [0.1, 0.15) is 12.4 Å². The zero-order valence-electron chi connectivity index (χ0n) is 14.2. The van der Waals surface area contributed by atoms with Gasteiger partial charge in [-0.05, 0) is 48.2 Å². The van der Waals surface area contributed by atoms with Gasteiger partial charge < -0.3 is 15.4 Å². The lowest BCUT2D eigenvalue weighted by atomic mass is 10.0. The molecule has 0 aliphatic rings. The van der Waals surface area contributed by atoms with Gasteiger partial charge in [-0.25, -0.2) is 4.79 Å². The molecule has 0 saturated heterocycles. The third kappa shape index (κ3) is 5.46. The molecule has 24 heavy (non-hydrogen) atoms. The summed E-state index contributed by atoms with van der Waals surface area (Å²) >= 11 is 6.06. The molecule has 2 N–H and O–H groups in total. The van der Waals surface area contributed by atoms with Gasteiger partial charge in [0, 0.05) is 5.69 Å². The van der Waals surface area contributed by atoms with E-state index >= 15 is 0 Å². The number of nitrogens with one attached hydrogen (secondary N) is 2. The highest BCUT2D eigenvalue weighted by atomic mass is 35.5. The van der Waals surface area contributed by atoms with Crippen LogP contribution in [-0.2, 0) is 0 Å². The minimum atomic E-state index is -0.258. The van der Waals surface area contributed by atoms with Crippen molar-refractivity contribution in [3.63, 3.8) is 0 Å². The zero-order valence-corrected chi connectivity index (χ0v) is 15.0. The Morgan fingerprint density at radius 1 is 1.17 bits per heavy atom. The van der Waals surface area contributed by atoms with Crippen LogP contribution < -0.4 is 15.4 Å². The van der Waals surface area contributed by atoms with Crippen molar-refractivity contribution in [2.45, 2.75) is 26.7 Å². The molecular formula is C19H23ClN2O2. The Labute approximate surface area is 148 Å². The SMILES string of the molecule is Cc1ccc(Cl)c(OCCNC(=O)Nc2ccc(C(C)C)cc2)c1. The summed E-state index contributed by atoms with van der Waals surface area (Å²) < 4.78 is 5.59. The Morgan fingerprint density at radius 2 is 1.88 bits per heavy atom. The van der Waals surface area contributed by atoms with E-state index in [1.807, 2.05) is 43.3 Å². The molecule has 128 valence electrons. The number of amides is 2. The molecule has 0 fully saturated rings. The van der Waals surface area contributed by atoms with E-state index in [0.29, 0.717) is 29.8 Å². The second kappa shape index (κ2) is 8.60. The fraction of sp³-hybridized carbons (Fsp3) is 0.316. The summed E-state index contributed by atoms with van der Waals surface area (Å²) in [4.78, 5) is 11.9. The highest BCUT2D eigenvalue weighted by molar-refractivity contribution is 6.32. The van der Waals surface area contributed by atoms with Gasteiger partial charge in [0.2, 0.25) is 0 Å². The molecule has 0 spiro atoms. The van der Waals surface area contributed by atoms with Crippen molar-refractivity contribution >= 4 is 23.3 Å². The number of rotatable bonds is 6. The van der Waals surface area contributed by atoms with Crippen molar-refractivity contribution in [3.8, 4) is 5.75 Å². The van der Waals surface area contributed by atoms with Crippen LogP contribution in [0.1, 0.15) is 30.9 Å². The van der Waals surface area contributed by atoms with Crippen LogP contribution >= 0.6 is 11.6 Å². The van der Waals surface area contributed by atoms with E-state index < -0.39 is 0 Å². The lowest BCUT2D eigenvalue weighted by Crippen LogP contribution is -2.32. The van der Waals surface area contributed by atoms with Crippen molar-refractivity contribution in [1.82, 2.24) is 5.32 Å². The second-order valence-electron chi connectivity index (χ2n) is 5.94. The number of benzene rings is 2. The van der Waals surface area contributed by atoms with Gasteiger partial charge in [-0.2, -0.15) is 0 Å². The van der Waals surface area contributed by atoms with E-state index in [0.717, 1.165) is 11.3 Å². The Bertz CT molecular complexity index is 684. The van der Waals surface area contributed by atoms with Gasteiger partial charge in [0.25, 0.3) is 0 Å². The molecule has 2 aromatic carbocycles. The zero-order chi connectivity index (χ0) is 17.5. The van der Waals surface area contributed by atoms with Crippen LogP contribution in [-0.4, -0.2) is 19.2 Å². The molecule has 0 aromatic heterocycles. The Balaban J connectivity index is 1.74. The van der Waals surface area contributed by atoms with E-state index in [1.165, 1.54) is 5.56 Å². The molecular weight excluding hydrogens is 324 g/mol. The van der Waals surface area contributed by atoms with Gasteiger partial charge in [-0.3, -0.25) is 0 Å². The summed E-state index contributed by atoms with van der Waals surface area (Å²) in [7, 11) is 0. The van der Waals surface area contributed by atoms with Gasteiger partial charge in [-0.1, -0.05) is 43.6 Å². The Morgan fingerprint density at radius 3 is 2.54 bits per heavy atom. The molecule has 0 aliphatic heterocycles. The van der Waals surface area contributed by atoms with Crippen LogP contribution in [0.25, 0.3) is 0 Å². The molecule has 2 aromatic rings. The van der Waals surface area contributed by atoms with Crippen LogP contribution in [0.5, 0.6) is 5.75 Å². The normalized spacial score (nSPS) is 10.5. The summed E-state index contributed by atoms with van der Waals surface area (Å²) in [6, 6.07) is 13.2. The monoisotopic (exact) mass is 346 g/mol. The van der Waals surface area contributed by atoms with Crippen LogP contribution in [0.3, 0.4) is 0 Å². The fourth-order valence-corrected chi connectivity index (χ4v) is 2.35. The van der Waals surface area contributed by atoms with E-state index in [9.17, 15) is 4.79 Å². The van der Waals surface area contributed by atoms with Crippen molar-refractivity contribution in [3.05, 3.63) is 58.6 Å². The number of anilines is 1. The predicted octanol–water partition coefficient (Wildman–Crippen LogP) is 4.97. The predicted molar refractivity (Wildman–Crippen MR) is 99.2 cm³/mol. The molecule has 5 heteroatoms. The molecule has 0 unspecified atom stereocenters. The number of ether oxygens (including phenoxy) is 1. The van der Waals surface area contributed by atoms with E-state index in [-0.39, 0.29) is 6.03 Å². The maximum Gasteiger partial charge on any atom is 0.319 e. The third-order valence-electron chi connectivity index (χ3n) is 3.57. The average molecular weight is 347 g/mol. The van der Waals surface area contributed by atoms with Crippen molar-refractivity contribution < 1.29 is 9.53 Å². The lowest BCUT2D eigenvalue weighted by molar-refractivity contribution is 0.247. The van der Waals surface area contributed by atoms with E-state index in [1.54, 1.807) is 6.07 Å². The molecule has 4 nitrogen and oxygen atoms in total. The first kappa shape index (κ1) is 18.1. The highest BCUT2D eigenvalue weighted by Gasteiger charge is 2.04. The first-order valence-electron chi connectivity index (χ1n) is 7.99. The number of hydrogen-bond acceptors (Lipinski definition) is 2. The summed E-state index contributed by atoms with van der Waals surface area (Å²) in [6.45, 7) is 6.98. The summed E-state index contributed by atoms with van der Waals surface area (Å²) in [5.74, 6) is 1.10. The summed E-state index contributed by atoms with van der Waals surface area (Å²) in [6.07, 6.45) is 0.